The molecule has 0 aromatic rings. The van der Waals surface area contributed by atoms with Gasteiger partial charge in [-0.3, -0.25) is 4.99 Å². The van der Waals surface area contributed by atoms with Crippen molar-refractivity contribution in [3.63, 3.8) is 0 Å². The molecular formula is C10H21NOTm. The van der Waals surface area contributed by atoms with Crippen LogP contribution in [0.3, 0.4) is 0 Å². The van der Waals surface area contributed by atoms with E-state index in [0.717, 1.165) is 18.6 Å². The van der Waals surface area contributed by atoms with Gasteiger partial charge in [0, 0.05) is 48.6 Å². The number of aliphatic imine (C=N–C) groups is 1. The van der Waals surface area contributed by atoms with Crippen LogP contribution in [0.5, 0.6) is 0 Å². The van der Waals surface area contributed by atoms with Crippen LogP contribution in [-0.2, 0) is 0 Å². The topological polar surface area (TPSA) is 32.6 Å². The first-order valence-corrected chi connectivity index (χ1v) is 4.67. The summed E-state index contributed by atoms with van der Waals surface area (Å²) >= 11 is 0. The van der Waals surface area contributed by atoms with Gasteiger partial charge in [-0.25, -0.2) is 0 Å². The van der Waals surface area contributed by atoms with E-state index in [1.54, 1.807) is 0 Å². The third kappa shape index (κ3) is 6.87. The average Bonchev–Trinajstić information content (AvgIpc) is 1.85. The van der Waals surface area contributed by atoms with Crippen LogP contribution in [0.15, 0.2) is 4.99 Å². The largest absolute Gasteiger partial charge is 0.384 e. The first kappa shape index (κ1) is 16.3. The number of rotatable bonds is 4. The first-order valence-electron chi connectivity index (χ1n) is 4.67. The van der Waals surface area contributed by atoms with Gasteiger partial charge >= 0.3 is 0 Å². The second kappa shape index (κ2) is 7.19. The molecule has 0 amide bonds. The van der Waals surface area contributed by atoms with Gasteiger partial charge in [-0.1, -0.05) is 13.3 Å². The molecule has 1 N–H and O–H groups in total. The van der Waals surface area contributed by atoms with E-state index >= 15 is 0 Å². The summed E-state index contributed by atoms with van der Waals surface area (Å²) in [5.41, 5.74) is 0.137. The predicted molar refractivity (Wildman–Crippen MR) is 53.8 cm³/mol. The van der Waals surface area contributed by atoms with Crippen molar-refractivity contribution in [1.29, 1.82) is 0 Å². The molecule has 0 heterocycles. The average molecular weight is 340 g/mol. The van der Waals surface area contributed by atoms with Gasteiger partial charge in [-0.05, 0) is 34.1 Å². The Hall–Kier alpha value is 0.864. The van der Waals surface area contributed by atoms with Crippen molar-refractivity contribution in [2.45, 2.75) is 59.1 Å². The molecule has 1 radical (unpaired) electrons. The standard InChI is InChI=1S/C10H21NO.Tm/c1-6-7-10(5,12)9(4)11-8(2)3;/h8,12H,6-7H2,1-5H3;. The SMILES string of the molecule is CCCC(C)(O)C(C)=NC(C)C.[Tm]. The summed E-state index contributed by atoms with van der Waals surface area (Å²) in [7, 11) is 0. The predicted octanol–water partition coefficient (Wildman–Crippen LogP) is 2.41. The Balaban J connectivity index is 0. The van der Waals surface area contributed by atoms with Gasteiger partial charge in [0.1, 0.15) is 0 Å². The fourth-order valence-corrected chi connectivity index (χ4v) is 1.19. The van der Waals surface area contributed by atoms with Gasteiger partial charge in [-0.15, -0.1) is 0 Å². The Morgan fingerprint density at radius 1 is 1.46 bits per heavy atom. The molecule has 0 spiro atoms. The molecule has 85 valence electrons. The van der Waals surface area contributed by atoms with Crippen molar-refractivity contribution in [3.05, 3.63) is 0 Å². The van der Waals surface area contributed by atoms with Crippen LogP contribution in [0.25, 0.3) is 0 Å². The van der Waals surface area contributed by atoms with E-state index in [1.807, 2.05) is 27.7 Å². The van der Waals surface area contributed by atoms with E-state index in [1.165, 1.54) is 0 Å². The van der Waals surface area contributed by atoms with Crippen LogP contribution in [0.1, 0.15) is 47.5 Å². The smallest absolute Gasteiger partial charge is 0.0991 e. The van der Waals surface area contributed by atoms with Crippen molar-refractivity contribution < 1.29 is 42.0 Å². The molecule has 0 aliphatic heterocycles. The third-order valence-electron chi connectivity index (χ3n) is 1.97. The van der Waals surface area contributed by atoms with E-state index < -0.39 is 5.60 Å². The summed E-state index contributed by atoms with van der Waals surface area (Å²) in [5, 5.41) is 9.90. The monoisotopic (exact) mass is 340 g/mol. The van der Waals surface area contributed by atoms with Crippen LogP contribution in [0.4, 0.5) is 0 Å². The fourth-order valence-electron chi connectivity index (χ4n) is 1.19. The summed E-state index contributed by atoms with van der Waals surface area (Å²) in [6.45, 7) is 9.83. The van der Waals surface area contributed by atoms with Gasteiger partial charge < -0.3 is 5.11 Å². The quantitative estimate of drug-likeness (QED) is 0.784. The summed E-state index contributed by atoms with van der Waals surface area (Å²) in [6.07, 6.45) is 1.77. The molecule has 0 fully saturated rings. The van der Waals surface area contributed by atoms with Gasteiger partial charge in [0.05, 0.1) is 5.60 Å². The summed E-state index contributed by atoms with van der Waals surface area (Å²) in [4.78, 5) is 4.33. The van der Waals surface area contributed by atoms with E-state index in [-0.39, 0.29) is 42.9 Å². The van der Waals surface area contributed by atoms with Crippen molar-refractivity contribution >= 4 is 5.71 Å². The molecule has 0 saturated heterocycles. The van der Waals surface area contributed by atoms with Crippen LogP contribution >= 0.6 is 0 Å². The maximum absolute atomic E-state index is 9.90. The third-order valence-corrected chi connectivity index (χ3v) is 1.97. The molecular weight excluding hydrogens is 319 g/mol. The van der Waals surface area contributed by atoms with E-state index in [0.29, 0.717) is 0 Å². The second-order valence-corrected chi connectivity index (χ2v) is 3.83. The molecule has 0 aromatic heterocycles. The minimum atomic E-state index is -0.709. The van der Waals surface area contributed by atoms with Crippen molar-refractivity contribution in [2.75, 3.05) is 0 Å². The Kier molecular flexibility index (Phi) is 9.02. The Morgan fingerprint density at radius 2 is 1.92 bits per heavy atom. The van der Waals surface area contributed by atoms with Gasteiger partial charge in [-0.2, -0.15) is 0 Å². The summed E-state index contributed by atoms with van der Waals surface area (Å²) in [5.74, 6) is 0. The van der Waals surface area contributed by atoms with Crippen LogP contribution in [-0.4, -0.2) is 22.5 Å². The molecule has 13 heavy (non-hydrogen) atoms. The maximum Gasteiger partial charge on any atom is 0.0991 e. The van der Waals surface area contributed by atoms with Crippen LogP contribution in [0, 0.1) is 36.9 Å². The zero-order valence-corrected chi connectivity index (χ0v) is 10.9. The molecule has 2 nitrogen and oxygen atoms in total. The second-order valence-electron chi connectivity index (χ2n) is 3.83. The Bertz CT molecular complexity index is 164. The van der Waals surface area contributed by atoms with Crippen molar-refractivity contribution in [1.82, 2.24) is 0 Å². The van der Waals surface area contributed by atoms with Crippen LogP contribution < -0.4 is 0 Å². The molecule has 1 unspecified atom stereocenters. The molecule has 0 aliphatic rings. The zero-order valence-electron chi connectivity index (χ0n) is 9.16. The van der Waals surface area contributed by atoms with Gasteiger partial charge in [0.25, 0.3) is 0 Å². The van der Waals surface area contributed by atoms with Gasteiger partial charge in [0.15, 0.2) is 0 Å². The minimum absolute atomic E-state index is 0. The molecule has 1 atom stereocenters. The molecule has 0 bridgehead atoms. The molecule has 0 aromatic carbocycles. The number of hydrogen-bond acceptors (Lipinski definition) is 2. The normalized spacial score (nSPS) is 16.7. The zero-order chi connectivity index (χ0) is 9.78. The van der Waals surface area contributed by atoms with Gasteiger partial charge in [0.2, 0.25) is 0 Å². The Labute approximate surface area is 111 Å². The maximum atomic E-state index is 9.90. The summed E-state index contributed by atoms with van der Waals surface area (Å²) < 4.78 is 0. The Morgan fingerprint density at radius 3 is 2.23 bits per heavy atom. The summed E-state index contributed by atoms with van der Waals surface area (Å²) in [6, 6.07) is 0.272. The van der Waals surface area contributed by atoms with Crippen LogP contribution in [0.2, 0.25) is 0 Å². The molecule has 0 rings (SSSR count). The van der Waals surface area contributed by atoms with E-state index in [4.69, 9.17) is 0 Å². The number of nitrogens with zero attached hydrogens (tertiary/aromatic N) is 1. The molecule has 0 aliphatic carbocycles. The number of aliphatic hydroxyl groups is 1. The minimum Gasteiger partial charge on any atom is -0.384 e. The molecule has 3 heteroatoms. The number of hydrogen-bond donors (Lipinski definition) is 1. The van der Waals surface area contributed by atoms with Crippen molar-refractivity contribution in [3.8, 4) is 0 Å². The fraction of sp³-hybridized carbons (Fsp3) is 0.900. The van der Waals surface area contributed by atoms with Crippen molar-refractivity contribution in [2.24, 2.45) is 4.99 Å². The first-order chi connectivity index (χ1) is 5.40. The van der Waals surface area contributed by atoms with E-state index in [2.05, 4.69) is 11.9 Å². The molecule has 0 saturated carbocycles. The van der Waals surface area contributed by atoms with E-state index in [9.17, 15) is 5.11 Å².